The number of ether oxygens (including phenoxy) is 1. The molecule has 1 aromatic carbocycles. The van der Waals surface area contributed by atoms with Gasteiger partial charge in [0.25, 0.3) is 5.91 Å². The number of hydrogen-bond acceptors (Lipinski definition) is 3. The molecule has 1 spiro atoms. The average molecular weight is 383 g/mol. The number of amides is 2. The summed E-state index contributed by atoms with van der Waals surface area (Å²) in [5.41, 5.74) is 0.0598. The first kappa shape index (κ1) is 20.3. The molecule has 0 bridgehead atoms. The predicted octanol–water partition coefficient (Wildman–Crippen LogP) is 2.98. The fourth-order valence-electron chi connectivity index (χ4n) is 4.61. The van der Waals surface area contributed by atoms with E-state index >= 15 is 0 Å². The normalized spacial score (nSPS) is 22.1. The van der Waals surface area contributed by atoms with Crippen molar-refractivity contribution in [3.63, 3.8) is 0 Å². The maximum atomic E-state index is 13.0. The van der Waals surface area contributed by atoms with Gasteiger partial charge in [0.05, 0.1) is 7.11 Å². The van der Waals surface area contributed by atoms with Crippen LogP contribution in [0.1, 0.15) is 52.5 Å². The van der Waals surface area contributed by atoms with Crippen molar-refractivity contribution in [1.29, 1.82) is 0 Å². The fourth-order valence-corrected chi connectivity index (χ4v) is 4.61. The fraction of sp³-hybridized carbons (Fsp3) is 0.565. The van der Waals surface area contributed by atoms with Crippen LogP contribution in [0.2, 0.25) is 0 Å². The number of piperazine rings is 1. The first-order valence-corrected chi connectivity index (χ1v) is 9.94. The van der Waals surface area contributed by atoms with Gasteiger partial charge in [0.1, 0.15) is 11.3 Å². The largest absolute Gasteiger partial charge is 0.497 e. The lowest BCUT2D eigenvalue weighted by atomic mass is 9.57. The second-order valence-electron chi connectivity index (χ2n) is 9.24. The van der Waals surface area contributed by atoms with E-state index in [1.165, 1.54) is 0 Å². The van der Waals surface area contributed by atoms with Crippen molar-refractivity contribution in [3.05, 3.63) is 29.8 Å². The van der Waals surface area contributed by atoms with Gasteiger partial charge in [0, 0.05) is 24.1 Å². The van der Waals surface area contributed by atoms with Crippen LogP contribution in [0.25, 0.3) is 0 Å². The zero-order valence-corrected chi connectivity index (χ0v) is 17.5. The molecule has 0 aromatic heterocycles. The van der Waals surface area contributed by atoms with Crippen LogP contribution in [-0.2, 0) is 9.59 Å². The minimum Gasteiger partial charge on any atom is -0.497 e. The molecule has 1 saturated carbocycles. The van der Waals surface area contributed by atoms with Crippen molar-refractivity contribution in [1.82, 2.24) is 10.2 Å². The van der Waals surface area contributed by atoms with E-state index in [0.29, 0.717) is 25.3 Å². The number of nitrogens with one attached hydrogen (secondary N) is 1. The first-order valence-electron chi connectivity index (χ1n) is 9.94. The lowest BCUT2D eigenvalue weighted by Gasteiger charge is -2.59. The number of carbonyl (C=O) groups is 2. The lowest BCUT2D eigenvalue weighted by molar-refractivity contribution is -0.167. The number of benzene rings is 1. The standard InChI is InChI=1S/C23H30N2O3/c1-16(2)12-18-13-25(23(21(27)24-18)14-22(3,4)15-23)20(26)11-8-17-6-9-19(28-5)10-7-17/h6-7,9-10,16,18H,12-15H2,1-5H3,(H,24,27)/t18-/m0/s1. The molecule has 1 heterocycles. The first-order chi connectivity index (χ1) is 13.1. The third-order valence-corrected chi connectivity index (χ3v) is 5.62. The average Bonchev–Trinajstić information content (AvgIpc) is 2.60. The molecule has 1 aliphatic heterocycles. The molecule has 0 radical (unpaired) electrons. The molecule has 2 fully saturated rings. The van der Waals surface area contributed by atoms with Crippen molar-refractivity contribution in [2.45, 2.75) is 58.5 Å². The molecule has 1 aliphatic carbocycles. The molecule has 5 heteroatoms. The van der Waals surface area contributed by atoms with Crippen LogP contribution in [0, 0.1) is 23.2 Å². The second-order valence-corrected chi connectivity index (χ2v) is 9.24. The number of rotatable bonds is 3. The Kier molecular flexibility index (Phi) is 5.43. The molecule has 1 atom stereocenters. The number of hydrogen-bond donors (Lipinski definition) is 1. The summed E-state index contributed by atoms with van der Waals surface area (Å²) in [6, 6.07) is 7.26. The van der Waals surface area contributed by atoms with E-state index in [1.54, 1.807) is 12.0 Å². The summed E-state index contributed by atoms with van der Waals surface area (Å²) in [5, 5.41) is 3.15. The van der Waals surface area contributed by atoms with Crippen LogP contribution in [0.4, 0.5) is 0 Å². The van der Waals surface area contributed by atoms with Crippen LogP contribution in [0.15, 0.2) is 24.3 Å². The monoisotopic (exact) mass is 382 g/mol. The molecule has 2 amide bonds. The van der Waals surface area contributed by atoms with Gasteiger partial charge in [-0.3, -0.25) is 9.59 Å². The van der Waals surface area contributed by atoms with E-state index < -0.39 is 5.54 Å². The minimum atomic E-state index is -0.747. The van der Waals surface area contributed by atoms with Gasteiger partial charge in [-0.15, -0.1) is 0 Å². The summed E-state index contributed by atoms with van der Waals surface area (Å²) in [6.45, 7) is 9.04. The third kappa shape index (κ3) is 4.01. The van der Waals surface area contributed by atoms with Crippen LogP contribution in [-0.4, -0.2) is 41.9 Å². The number of methoxy groups -OCH3 is 1. The van der Waals surface area contributed by atoms with Crippen LogP contribution >= 0.6 is 0 Å². The Morgan fingerprint density at radius 2 is 1.93 bits per heavy atom. The molecular formula is C23H30N2O3. The second kappa shape index (κ2) is 7.50. The van der Waals surface area contributed by atoms with Gasteiger partial charge in [-0.1, -0.05) is 33.6 Å². The molecule has 2 aliphatic rings. The minimum absolute atomic E-state index is 0.0198. The van der Waals surface area contributed by atoms with Crippen molar-refractivity contribution in [3.8, 4) is 17.6 Å². The van der Waals surface area contributed by atoms with E-state index in [4.69, 9.17) is 4.74 Å². The Labute approximate surface area is 167 Å². The summed E-state index contributed by atoms with van der Waals surface area (Å²) in [5.74, 6) is 6.61. The Bertz CT molecular complexity index is 806. The summed E-state index contributed by atoms with van der Waals surface area (Å²) in [7, 11) is 1.61. The lowest BCUT2D eigenvalue weighted by Crippen LogP contribution is -2.75. The Morgan fingerprint density at radius 3 is 2.46 bits per heavy atom. The Morgan fingerprint density at radius 1 is 1.29 bits per heavy atom. The number of carbonyl (C=O) groups excluding carboxylic acids is 2. The van der Waals surface area contributed by atoms with Gasteiger partial charge in [-0.05, 0) is 54.9 Å². The molecule has 28 heavy (non-hydrogen) atoms. The molecule has 1 aromatic rings. The predicted molar refractivity (Wildman–Crippen MR) is 109 cm³/mol. The smallest absolute Gasteiger partial charge is 0.299 e. The highest BCUT2D eigenvalue weighted by Crippen LogP contribution is 2.52. The molecular weight excluding hydrogens is 352 g/mol. The Hall–Kier alpha value is -2.48. The van der Waals surface area contributed by atoms with Crippen LogP contribution in [0.5, 0.6) is 5.75 Å². The van der Waals surface area contributed by atoms with Crippen LogP contribution < -0.4 is 10.1 Å². The van der Waals surface area contributed by atoms with Crippen molar-refractivity contribution in [2.24, 2.45) is 11.3 Å². The third-order valence-electron chi connectivity index (χ3n) is 5.62. The Balaban J connectivity index is 1.83. The zero-order valence-electron chi connectivity index (χ0n) is 17.5. The van der Waals surface area contributed by atoms with Crippen LogP contribution in [0.3, 0.4) is 0 Å². The van der Waals surface area contributed by atoms with E-state index in [-0.39, 0.29) is 23.3 Å². The maximum absolute atomic E-state index is 13.0. The molecule has 5 nitrogen and oxygen atoms in total. The zero-order chi connectivity index (χ0) is 20.5. The molecule has 0 unspecified atom stereocenters. The highest BCUT2D eigenvalue weighted by molar-refractivity contribution is 6.00. The van der Waals surface area contributed by atoms with Crippen molar-refractivity contribution < 1.29 is 14.3 Å². The molecule has 150 valence electrons. The highest BCUT2D eigenvalue weighted by Gasteiger charge is 2.61. The topological polar surface area (TPSA) is 58.6 Å². The van der Waals surface area contributed by atoms with E-state index in [2.05, 4.69) is 44.9 Å². The van der Waals surface area contributed by atoms with Gasteiger partial charge in [0.15, 0.2) is 0 Å². The molecule has 1 saturated heterocycles. The SMILES string of the molecule is COc1ccc(C#CC(=O)N2C[C@H](CC(C)C)NC(=O)C23CC(C)(C)C3)cc1. The van der Waals surface area contributed by atoms with Gasteiger partial charge in [-0.25, -0.2) is 0 Å². The van der Waals surface area contributed by atoms with Gasteiger partial charge < -0.3 is 15.0 Å². The highest BCUT2D eigenvalue weighted by atomic mass is 16.5. The summed E-state index contributed by atoms with van der Waals surface area (Å²) < 4.78 is 5.15. The van der Waals surface area contributed by atoms with Gasteiger partial charge in [-0.2, -0.15) is 0 Å². The summed E-state index contributed by atoms with van der Waals surface area (Å²) in [4.78, 5) is 27.7. The quantitative estimate of drug-likeness (QED) is 0.818. The molecule has 1 N–H and O–H groups in total. The van der Waals surface area contributed by atoms with E-state index in [1.807, 2.05) is 24.3 Å². The summed E-state index contributed by atoms with van der Waals surface area (Å²) >= 11 is 0. The van der Waals surface area contributed by atoms with Crippen molar-refractivity contribution in [2.75, 3.05) is 13.7 Å². The van der Waals surface area contributed by atoms with E-state index in [0.717, 1.165) is 17.7 Å². The molecule has 3 rings (SSSR count). The maximum Gasteiger partial charge on any atom is 0.299 e. The van der Waals surface area contributed by atoms with E-state index in [9.17, 15) is 9.59 Å². The number of nitrogens with zero attached hydrogens (tertiary/aromatic N) is 1. The van der Waals surface area contributed by atoms with Gasteiger partial charge in [0.2, 0.25) is 5.91 Å². The van der Waals surface area contributed by atoms with Crippen molar-refractivity contribution >= 4 is 11.8 Å². The van der Waals surface area contributed by atoms with Gasteiger partial charge >= 0.3 is 0 Å². The summed E-state index contributed by atoms with van der Waals surface area (Å²) in [6.07, 6.45) is 2.20.